The van der Waals surface area contributed by atoms with Crippen molar-refractivity contribution < 1.29 is 4.42 Å². The summed E-state index contributed by atoms with van der Waals surface area (Å²) in [6, 6.07) is 10.1. The van der Waals surface area contributed by atoms with Crippen molar-refractivity contribution >= 4 is 47.7 Å². The average molecular weight is 387 g/mol. The molecule has 6 heteroatoms. The van der Waals surface area contributed by atoms with Gasteiger partial charge in [0.25, 0.3) is 0 Å². The zero-order valence-corrected chi connectivity index (χ0v) is 14.8. The summed E-state index contributed by atoms with van der Waals surface area (Å²) >= 11 is 4.79. The molecule has 23 heavy (non-hydrogen) atoms. The van der Waals surface area contributed by atoms with E-state index in [9.17, 15) is 4.79 Å². The topological polar surface area (TPSA) is 56.0 Å². The second-order valence-corrected chi connectivity index (χ2v) is 7.21. The highest BCUT2D eigenvalue weighted by Crippen LogP contribution is 2.37. The van der Waals surface area contributed by atoms with E-state index in [1.807, 2.05) is 37.3 Å². The Balaban J connectivity index is 2.18. The van der Waals surface area contributed by atoms with Crippen molar-refractivity contribution in [3.63, 3.8) is 0 Å². The maximum Gasteiger partial charge on any atom is 0.357 e. The fourth-order valence-corrected chi connectivity index (χ4v) is 3.99. The Morgan fingerprint density at radius 2 is 1.87 bits per heavy atom. The van der Waals surface area contributed by atoms with Gasteiger partial charge in [-0.1, -0.05) is 28.1 Å². The zero-order valence-electron chi connectivity index (χ0n) is 12.4. The molecule has 0 aliphatic heterocycles. The van der Waals surface area contributed by atoms with Crippen molar-refractivity contribution in [2.24, 2.45) is 0 Å². The summed E-state index contributed by atoms with van der Waals surface area (Å²) in [6.07, 6.45) is 0. The number of halogens is 1. The van der Waals surface area contributed by atoms with E-state index in [-0.39, 0.29) is 5.63 Å². The minimum Gasteiger partial charge on any atom is -0.408 e. The van der Waals surface area contributed by atoms with Gasteiger partial charge in [-0.25, -0.2) is 14.8 Å². The first-order valence-electron chi connectivity index (χ1n) is 7.00. The smallest absolute Gasteiger partial charge is 0.357 e. The molecular weight excluding hydrogens is 376 g/mol. The molecule has 114 valence electrons. The van der Waals surface area contributed by atoms with Crippen LogP contribution < -0.4 is 5.63 Å². The summed E-state index contributed by atoms with van der Waals surface area (Å²) in [7, 11) is 0. The SMILES string of the molecule is Cc1cc(-c2ccc(Br)cc2)c2c(n1)sc1c(=O)oc(C)nc12. The van der Waals surface area contributed by atoms with Crippen molar-refractivity contribution in [3.05, 3.63) is 56.8 Å². The van der Waals surface area contributed by atoms with E-state index >= 15 is 0 Å². The molecule has 1 aromatic carbocycles. The molecule has 0 radical (unpaired) electrons. The number of hydrogen-bond donors (Lipinski definition) is 0. The average Bonchev–Trinajstić information content (AvgIpc) is 2.86. The van der Waals surface area contributed by atoms with E-state index in [4.69, 9.17) is 4.42 Å². The van der Waals surface area contributed by atoms with Gasteiger partial charge in [0.15, 0.2) is 5.89 Å². The molecular formula is C17H11BrN2O2S. The maximum atomic E-state index is 12.1. The van der Waals surface area contributed by atoms with Crippen molar-refractivity contribution in [3.8, 4) is 11.1 Å². The highest BCUT2D eigenvalue weighted by atomic mass is 79.9. The van der Waals surface area contributed by atoms with E-state index in [1.165, 1.54) is 11.3 Å². The minimum absolute atomic E-state index is 0.352. The normalized spacial score (nSPS) is 11.4. The molecule has 0 amide bonds. The summed E-state index contributed by atoms with van der Waals surface area (Å²) in [4.78, 5) is 22.0. The number of rotatable bonds is 1. The van der Waals surface area contributed by atoms with Gasteiger partial charge in [0.1, 0.15) is 15.0 Å². The molecule has 0 saturated heterocycles. The van der Waals surface area contributed by atoms with Crippen molar-refractivity contribution in [1.82, 2.24) is 9.97 Å². The lowest BCUT2D eigenvalue weighted by molar-refractivity contribution is 0.468. The molecule has 4 nitrogen and oxygen atoms in total. The van der Waals surface area contributed by atoms with Crippen LogP contribution in [0.1, 0.15) is 11.6 Å². The van der Waals surface area contributed by atoms with E-state index in [1.54, 1.807) is 6.92 Å². The fourth-order valence-electron chi connectivity index (χ4n) is 2.67. The van der Waals surface area contributed by atoms with Crippen molar-refractivity contribution in [2.75, 3.05) is 0 Å². The number of fused-ring (bicyclic) bond motifs is 3. The third kappa shape index (κ3) is 2.38. The summed E-state index contributed by atoms with van der Waals surface area (Å²) in [5.41, 5.74) is 3.32. The van der Waals surface area contributed by atoms with E-state index in [2.05, 4.69) is 25.9 Å². The van der Waals surface area contributed by atoms with Gasteiger partial charge in [-0.15, -0.1) is 11.3 Å². The van der Waals surface area contributed by atoms with E-state index in [0.717, 1.165) is 31.5 Å². The number of nitrogens with zero attached hydrogens (tertiary/aromatic N) is 2. The summed E-state index contributed by atoms with van der Waals surface area (Å²) in [5.74, 6) is 0.365. The maximum absolute atomic E-state index is 12.1. The fraction of sp³-hybridized carbons (Fsp3) is 0.118. The van der Waals surface area contributed by atoms with Crippen LogP contribution in [0.5, 0.6) is 0 Å². The molecule has 0 aliphatic carbocycles. The lowest BCUT2D eigenvalue weighted by Crippen LogP contribution is -2.00. The van der Waals surface area contributed by atoms with E-state index < -0.39 is 0 Å². The molecule has 0 saturated carbocycles. The van der Waals surface area contributed by atoms with Crippen molar-refractivity contribution in [2.45, 2.75) is 13.8 Å². The quantitative estimate of drug-likeness (QED) is 0.469. The highest BCUT2D eigenvalue weighted by molar-refractivity contribution is 9.10. The third-order valence-corrected chi connectivity index (χ3v) is 5.20. The molecule has 0 atom stereocenters. The molecule has 3 aromatic heterocycles. The van der Waals surface area contributed by atoms with Gasteiger partial charge in [0.05, 0.1) is 0 Å². The molecule has 4 aromatic rings. The number of pyridine rings is 1. The van der Waals surface area contributed by atoms with Crippen LogP contribution in [0, 0.1) is 13.8 Å². The number of aromatic nitrogens is 2. The summed E-state index contributed by atoms with van der Waals surface area (Å²) in [5, 5.41) is 0.911. The van der Waals surface area contributed by atoms with Crippen LogP contribution >= 0.6 is 27.3 Å². The largest absolute Gasteiger partial charge is 0.408 e. The third-order valence-electron chi connectivity index (χ3n) is 3.62. The van der Waals surface area contributed by atoms with Crippen LogP contribution in [0.3, 0.4) is 0 Å². The molecule has 4 rings (SSSR count). The Labute approximate surface area is 143 Å². The first kappa shape index (κ1) is 14.5. The second kappa shape index (κ2) is 5.25. The molecule has 0 N–H and O–H groups in total. The molecule has 0 unspecified atom stereocenters. The van der Waals surface area contributed by atoms with Crippen LogP contribution in [0.25, 0.3) is 31.6 Å². The Kier molecular flexibility index (Phi) is 3.32. The highest BCUT2D eigenvalue weighted by Gasteiger charge is 2.17. The number of thiophene rings is 1. The molecule has 0 spiro atoms. The molecule has 0 fully saturated rings. The standard InChI is InChI=1S/C17H11BrN2O2S/c1-8-7-12(10-3-5-11(18)6-4-10)13-14-15(23-16(13)19-8)17(21)22-9(2)20-14/h3-7H,1-2H3. The summed E-state index contributed by atoms with van der Waals surface area (Å²) < 4.78 is 6.66. The van der Waals surface area contributed by atoms with Crippen LogP contribution in [0.15, 0.2) is 44.0 Å². The predicted molar refractivity (Wildman–Crippen MR) is 96.1 cm³/mol. The Morgan fingerprint density at radius 1 is 1.13 bits per heavy atom. The van der Waals surface area contributed by atoms with Crippen LogP contribution in [-0.4, -0.2) is 9.97 Å². The lowest BCUT2D eigenvalue weighted by Gasteiger charge is -2.06. The van der Waals surface area contributed by atoms with Crippen LogP contribution in [0.4, 0.5) is 0 Å². The van der Waals surface area contributed by atoms with Crippen molar-refractivity contribution in [1.29, 1.82) is 0 Å². The number of aryl methyl sites for hydroxylation is 2. The van der Waals surface area contributed by atoms with Crippen LogP contribution in [-0.2, 0) is 0 Å². The van der Waals surface area contributed by atoms with Gasteiger partial charge in [-0.2, -0.15) is 0 Å². The lowest BCUT2D eigenvalue weighted by atomic mass is 10.0. The van der Waals surface area contributed by atoms with Gasteiger partial charge in [0, 0.05) is 22.5 Å². The zero-order chi connectivity index (χ0) is 16.1. The molecule has 0 aliphatic rings. The first-order valence-corrected chi connectivity index (χ1v) is 8.61. The monoisotopic (exact) mass is 386 g/mol. The van der Waals surface area contributed by atoms with Gasteiger partial charge in [0.2, 0.25) is 0 Å². The first-order chi connectivity index (χ1) is 11.0. The van der Waals surface area contributed by atoms with E-state index in [0.29, 0.717) is 16.1 Å². The van der Waals surface area contributed by atoms with Gasteiger partial charge >= 0.3 is 5.63 Å². The van der Waals surface area contributed by atoms with Gasteiger partial charge < -0.3 is 4.42 Å². The number of benzene rings is 1. The van der Waals surface area contributed by atoms with Gasteiger partial charge in [-0.3, -0.25) is 0 Å². The molecule has 0 bridgehead atoms. The summed E-state index contributed by atoms with van der Waals surface area (Å²) in [6.45, 7) is 3.64. The minimum atomic E-state index is -0.352. The second-order valence-electron chi connectivity index (χ2n) is 5.30. The Hall–Kier alpha value is -2.05. The van der Waals surface area contributed by atoms with Gasteiger partial charge in [-0.05, 0) is 36.2 Å². The predicted octanol–water partition coefficient (Wildman–Crippen LogP) is 4.84. The Bertz CT molecular complexity index is 1110. The molecule has 3 heterocycles. The number of hydrogen-bond acceptors (Lipinski definition) is 5. The van der Waals surface area contributed by atoms with Crippen LogP contribution in [0.2, 0.25) is 0 Å². The Morgan fingerprint density at radius 3 is 2.61 bits per heavy atom.